The predicted octanol–water partition coefficient (Wildman–Crippen LogP) is 2.64. The molecular formula is C13H17N3O. The third-order valence-corrected chi connectivity index (χ3v) is 2.47. The smallest absolute Gasteiger partial charge is 0.182 e. The van der Waals surface area contributed by atoms with E-state index in [9.17, 15) is 0 Å². The van der Waals surface area contributed by atoms with Crippen LogP contribution < -0.4 is 10.1 Å². The summed E-state index contributed by atoms with van der Waals surface area (Å²) in [4.78, 5) is 4.45. The summed E-state index contributed by atoms with van der Waals surface area (Å²) < 4.78 is 5.11. The largest absolute Gasteiger partial charge is 0.497 e. The van der Waals surface area contributed by atoms with Crippen molar-refractivity contribution in [1.82, 2.24) is 5.32 Å². The Labute approximate surface area is 102 Å². The third-order valence-electron chi connectivity index (χ3n) is 2.47. The molecule has 0 amide bonds. The molecule has 4 nitrogen and oxygen atoms in total. The van der Waals surface area contributed by atoms with Gasteiger partial charge < -0.3 is 4.74 Å². The van der Waals surface area contributed by atoms with E-state index >= 15 is 0 Å². The van der Waals surface area contributed by atoms with Crippen molar-refractivity contribution in [3.8, 4) is 11.9 Å². The lowest BCUT2D eigenvalue weighted by Gasteiger charge is -2.12. The maximum absolute atomic E-state index is 8.50. The van der Waals surface area contributed by atoms with Crippen LogP contribution in [-0.4, -0.2) is 12.9 Å². The molecule has 0 aromatic heterocycles. The lowest BCUT2D eigenvalue weighted by molar-refractivity contribution is 0.414. The van der Waals surface area contributed by atoms with Gasteiger partial charge in [0.15, 0.2) is 6.19 Å². The zero-order valence-corrected chi connectivity index (χ0v) is 10.4. The number of nitrogens with one attached hydrogen (secondary N) is 1. The first-order valence-electron chi connectivity index (χ1n) is 5.54. The Hall–Kier alpha value is -2.02. The number of amidine groups is 1. The maximum atomic E-state index is 8.50. The van der Waals surface area contributed by atoms with Gasteiger partial charge in [0.05, 0.1) is 13.2 Å². The minimum Gasteiger partial charge on any atom is -0.497 e. The van der Waals surface area contributed by atoms with Crippen molar-refractivity contribution in [2.24, 2.45) is 4.99 Å². The zero-order chi connectivity index (χ0) is 12.7. The number of hydrogen-bond donors (Lipinski definition) is 1. The molecule has 1 aromatic carbocycles. The summed E-state index contributed by atoms with van der Waals surface area (Å²) in [6.07, 6.45) is 2.75. The number of nitriles is 1. The fraction of sp³-hybridized carbons (Fsp3) is 0.385. The standard InChI is InChI=1S/C13H17N3O/c1-4-13(16-10(2)15-9-14)11-5-7-12(17-3)8-6-11/h5-8,13H,4H2,1-3H3,(H,15,16)/t13-/m1/s1. The van der Waals surface area contributed by atoms with Crippen molar-refractivity contribution in [3.05, 3.63) is 29.8 Å². The fourth-order valence-corrected chi connectivity index (χ4v) is 1.57. The lowest BCUT2D eigenvalue weighted by Crippen LogP contribution is -2.14. The monoisotopic (exact) mass is 231 g/mol. The highest BCUT2D eigenvalue weighted by atomic mass is 16.5. The molecule has 1 aromatic rings. The van der Waals surface area contributed by atoms with Gasteiger partial charge in [-0.2, -0.15) is 5.26 Å². The third kappa shape index (κ3) is 3.80. The van der Waals surface area contributed by atoms with E-state index in [0.29, 0.717) is 5.84 Å². The number of benzene rings is 1. The van der Waals surface area contributed by atoms with E-state index in [1.165, 1.54) is 0 Å². The molecule has 0 saturated heterocycles. The summed E-state index contributed by atoms with van der Waals surface area (Å²) in [7, 11) is 1.64. The summed E-state index contributed by atoms with van der Waals surface area (Å²) in [6.45, 7) is 3.85. The predicted molar refractivity (Wildman–Crippen MR) is 67.9 cm³/mol. The van der Waals surface area contributed by atoms with Gasteiger partial charge in [0.25, 0.3) is 0 Å². The van der Waals surface area contributed by atoms with Crippen LogP contribution in [0.3, 0.4) is 0 Å². The second-order valence-corrected chi connectivity index (χ2v) is 3.65. The number of ether oxygens (including phenoxy) is 1. The maximum Gasteiger partial charge on any atom is 0.182 e. The van der Waals surface area contributed by atoms with Gasteiger partial charge in [0, 0.05) is 0 Å². The van der Waals surface area contributed by atoms with E-state index < -0.39 is 0 Å². The quantitative estimate of drug-likeness (QED) is 0.375. The van der Waals surface area contributed by atoms with Crippen molar-refractivity contribution >= 4 is 5.84 Å². The Morgan fingerprint density at radius 1 is 1.47 bits per heavy atom. The van der Waals surface area contributed by atoms with Gasteiger partial charge in [-0.25, -0.2) is 0 Å². The second kappa shape index (κ2) is 6.54. The molecule has 0 spiro atoms. The number of methoxy groups -OCH3 is 1. The van der Waals surface area contributed by atoms with E-state index in [0.717, 1.165) is 17.7 Å². The zero-order valence-electron chi connectivity index (χ0n) is 10.4. The van der Waals surface area contributed by atoms with E-state index in [4.69, 9.17) is 10.00 Å². The molecule has 90 valence electrons. The Morgan fingerprint density at radius 2 is 2.12 bits per heavy atom. The highest BCUT2D eigenvalue weighted by Gasteiger charge is 2.07. The topological polar surface area (TPSA) is 57.4 Å². The highest BCUT2D eigenvalue weighted by Crippen LogP contribution is 2.23. The van der Waals surface area contributed by atoms with E-state index in [-0.39, 0.29) is 6.04 Å². The van der Waals surface area contributed by atoms with Crippen LogP contribution >= 0.6 is 0 Å². The summed E-state index contributed by atoms with van der Waals surface area (Å²) >= 11 is 0. The summed E-state index contributed by atoms with van der Waals surface area (Å²) in [5.74, 6) is 1.47. The van der Waals surface area contributed by atoms with E-state index in [1.807, 2.05) is 30.5 Å². The van der Waals surface area contributed by atoms with Crippen LogP contribution in [0.4, 0.5) is 0 Å². The molecule has 0 aliphatic heterocycles. The Bertz CT molecular complexity index is 417. The summed E-state index contributed by atoms with van der Waals surface area (Å²) in [5, 5.41) is 11.0. The average molecular weight is 231 g/mol. The second-order valence-electron chi connectivity index (χ2n) is 3.65. The number of hydrogen-bond acceptors (Lipinski definition) is 3. The molecule has 1 rings (SSSR count). The first kappa shape index (κ1) is 13.0. The minimum absolute atomic E-state index is 0.0711. The number of rotatable bonds is 4. The molecule has 4 heteroatoms. The van der Waals surface area contributed by atoms with Gasteiger partial charge in [-0.3, -0.25) is 10.3 Å². The van der Waals surface area contributed by atoms with Crippen LogP contribution in [0.25, 0.3) is 0 Å². The SMILES string of the molecule is CC[C@@H](N=C(C)NC#N)c1ccc(OC)cc1. The Kier molecular flexibility index (Phi) is 5.02. The van der Waals surface area contributed by atoms with Gasteiger partial charge in [-0.1, -0.05) is 19.1 Å². The molecule has 0 unspecified atom stereocenters. The van der Waals surface area contributed by atoms with Crippen molar-refractivity contribution in [3.63, 3.8) is 0 Å². The van der Waals surface area contributed by atoms with Crippen LogP contribution in [0, 0.1) is 11.5 Å². The molecular weight excluding hydrogens is 214 g/mol. The van der Waals surface area contributed by atoms with Crippen LogP contribution in [0.1, 0.15) is 31.9 Å². The van der Waals surface area contributed by atoms with Crippen LogP contribution in [-0.2, 0) is 0 Å². The molecule has 17 heavy (non-hydrogen) atoms. The van der Waals surface area contributed by atoms with Crippen molar-refractivity contribution in [2.75, 3.05) is 7.11 Å². The average Bonchev–Trinajstić information content (AvgIpc) is 2.36. The lowest BCUT2D eigenvalue weighted by atomic mass is 10.1. The first-order chi connectivity index (χ1) is 8.21. The summed E-state index contributed by atoms with van der Waals surface area (Å²) in [5.41, 5.74) is 1.12. The molecule has 1 atom stereocenters. The fourth-order valence-electron chi connectivity index (χ4n) is 1.57. The molecule has 0 heterocycles. The van der Waals surface area contributed by atoms with Crippen LogP contribution in [0.2, 0.25) is 0 Å². The van der Waals surface area contributed by atoms with Crippen molar-refractivity contribution < 1.29 is 4.74 Å². The molecule has 0 bridgehead atoms. The Balaban J connectivity index is 2.86. The van der Waals surface area contributed by atoms with Crippen LogP contribution in [0.15, 0.2) is 29.3 Å². The molecule has 0 aliphatic carbocycles. The first-order valence-corrected chi connectivity index (χ1v) is 5.54. The van der Waals surface area contributed by atoms with Gasteiger partial charge in [-0.05, 0) is 31.0 Å². The van der Waals surface area contributed by atoms with Crippen molar-refractivity contribution in [2.45, 2.75) is 26.3 Å². The van der Waals surface area contributed by atoms with E-state index in [2.05, 4.69) is 17.2 Å². The van der Waals surface area contributed by atoms with Crippen molar-refractivity contribution in [1.29, 1.82) is 5.26 Å². The molecule has 0 fully saturated rings. The van der Waals surface area contributed by atoms with Gasteiger partial charge >= 0.3 is 0 Å². The van der Waals surface area contributed by atoms with E-state index in [1.54, 1.807) is 14.0 Å². The molecule has 1 N–H and O–H groups in total. The normalized spacial score (nSPS) is 12.7. The molecule has 0 saturated carbocycles. The minimum atomic E-state index is 0.0711. The summed E-state index contributed by atoms with van der Waals surface area (Å²) in [6, 6.07) is 7.90. The molecule has 0 aliphatic rings. The number of nitrogens with zero attached hydrogens (tertiary/aromatic N) is 2. The van der Waals surface area contributed by atoms with Gasteiger partial charge in [-0.15, -0.1) is 0 Å². The number of aliphatic imine (C=N–C) groups is 1. The highest BCUT2D eigenvalue weighted by molar-refractivity contribution is 5.81. The van der Waals surface area contributed by atoms with Crippen LogP contribution in [0.5, 0.6) is 5.75 Å². The Morgan fingerprint density at radius 3 is 2.59 bits per heavy atom. The molecule has 0 radical (unpaired) electrons. The van der Waals surface area contributed by atoms with Gasteiger partial charge in [0.2, 0.25) is 0 Å². The van der Waals surface area contributed by atoms with Gasteiger partial charge in [0.1, 0.15) is 11.6 Å².